The Morgan fingerprint density at radius 3 is 2.57 bits per heavy atom. The third-order valence-electron chi connectivity index (χ3n) is 3.04. The lowest BCUT2D eigenvalue weighted by Crippen LogP contribution is -2.43. The smallest absolute Gasteiger partial charge is 0.326 e. The Bertz CT molecular complexity index is 433. The van der Waals surface area contributed by atoms with Gasteiger partial charge in [-0.2, -0.15) is 0 Å². The zero-order valence-corrected chi connectivity index (χ0v) is 12.4. The lowest BCUT2D eigenvalue weighted by molar-refractivity contribution is -0.142. The number of hydrogen-bond acceptors (Lipinski definition) is 3. The number of carboxylic acid groups (broad SMARTS) is 1. The first-order chi connectivity index (χ1) is 10.1. The van der Waals surface area contributed by atoms with E-state index >= 15 is 0 Å². The third-order valence-corrected chi connectivity index (χ3v) is 3.04. The molecule has 0 aliphatic heterocycles. The molecule has 0 aromatic heterocycles. The van der Waals surface area contributed by atoms with Crippen LogP contribution in [-0.4, -0.2) is 36.2 Å². The first-order valence-corrected chi connectivity index (χ1v) is 7.27. The fourth-order valence-corrected chi connectivity index (χ4v) is 1.90. The molecule has 0 saturated heterocycles. The highest BCUT2D eigenvalue weighted by Gasteiger charge is 2.20. The normalized spacial score (nSPS) is 11.9. The van der Waals surface area contributed by atoms with Crippen molar-refractivity contribution in [1.82, 2.24) is 5.32 Å². The first kappa shape index (κ1) is 17.2. The van der Waals surface area contributed by atoms with Crippen LogP contribution in [0.15, 0.2) is 30.3 Å². The molecule has 0 bridgehead atoms. The predicted octanol–water partition coefficient (Wildman–Crippen LogP) is 2.01. The van der Waals surface area contributed by atoms with Gasteiger partial charge in [0, 0.05) is 13.0 Å². The van der Waals surface area contributed by atoms with Gasteiger partial charge in [0.25, 0.3) is 0 Å². The van der Waals surface area contributed by atoms with Crippen molar-refractivity contribution < 1.29 is 19.4 Å². The number of ether oxygens (including phenoxy) is 1. The number of benzene rings is 1. The van der Waals surface area contributed by atoms with Crippen molar-refractivity contribution in [1.29, 1.82) is 0 Å². The van der Waals surface area contributed by atoms with Gasteiger partial charge in [0.15, 0.2) is 0 Å². The van der Waals surface area contributed by atoms with Crippen molar-refractivity contribution in [2.75, 3.05) is 13.2 Å². The van der Waals surface area contributed by atoms with Crippen LogP contribution in [-0.2, 0) is 20.7 Å². The highest BCUT2D eigenvalue weighted by atomic mass is 16.5. The summed E-state index contributed by atoms with van der Waals surface area (Å²) in [4.78, 5) is 22.9. The van der Waals surface area contributed by atoms with E-state index in [2.05, 4.69) is 12.2 Å². The van der Waals surface area contributed by atoms with Crippen LogP contribution >= 0.6 is 0 Å². The molecule has 0 radical (unpaired) electrons. The second kappa shape index (κ2) is 9.94. The van der Waals surface area contributed by atoms with Gasteiger partial charge in [-0.05, 0) is 12.0 Å². The molecule has 1 amide bonds. The van der Waals surface area contributed by atoms with Crippen molar-refractivity contribution in [2.24, 2.45) is 0 Å². The SMILES string of the molecule is CCCCCOCC(=O)N[C@@H](Cc1ccccc1)C(=O)O. The predicted molar refractivity (Wildman–Crippen MR) is 80.1 cm³/mol. The maximum Gasteiger partial charge on any atom is 0.326 e. The van der Waals surface area contributed by atoms with Crippen LogP contribution in [0.4, 0.5) is 0 Å². The minimum Gasteiger partial charge on any atom is -0.480 e. The van der Waals surface area contributed by atoms with Crippen LogP contribution in [0.1, 0.15) is 31.7 Å². The highest BCUT2D eigenvalue weighted by molar-refractivity contribution is 5.84. The zero-order valence-electron chi connectivity index (χ0n) is 12.4. The average Bonchev–Trinajstić information content (AvgIpc) is 2.47. The summed E-state index contributed by atoms with van der Waals surface area (Å²) in [7, 11) is 0. The fourth-order valence-electron chi connectivity index (χ4n) is 1.90. The number of aliphatic carboxylic acids is 1. The van der Waals surface area contributed by atoms with Gasteiger partial charge in [0.2, 0.25) is 5.91 Å². The molecule has 0 unspecified atom stereocenters. The van der Waals surface area contributed by atoms with E-state index in [9.17, 15) is 9.59 Å². The molecular formula is C16H23NO4. The molecule has 0 aliphatic carbocycles. The number of carbonyl (C=O) groups is 2. The van der Waals surface area contributed by atoms with Gasteiger partial charge in [0.1, 0.15) is 12.6 Å². The second-order valence-corrected chi connectivity index (χ2v) is 4.91. The van der Waals surface area contributed by atoms with Crippen LogP contribution in [0.3, 0.4) is 0 Å². The van der Waals surface area contributed by atoms with Gasteiger partial charge in [-0.3, -0.25) is 4.79 Å². The summed E-state index contributed by atoms with van der Waals surface area (Å²) in [6.07, 6.45) is 3.33. The van der Waals surface area contributed by atoms with Crippen LogP contribution in [0, 0.1) is 0 Å². The van der Waals surface area contributed by atoms with Crippen molar-refractivity contribution in [3.8, 4) is 0 Å². The molecule has 2 N–H and O–H groups in total. The number of carboxylic acids is 1. The molecule has 21 heavy (non-hydrogen) atoms. The lowest BCUT2D eigenvalue weighted by atomic mass is 10.1. The summed E-state index contributed by atoms with van der Waals surface area (Å²) < 4.78 is 5.22. The minimum absolute atomic E-state index is 0.0950. The summed E-state index contributed by atoms with van der Waals surface area (Å²) in [6.45, 7) is 2.52. The molecule has 5 heteroatoms. The average molecular weight is 293 g/mol. The molecule has 0 spiro atoms. The standard InChI is InChI=1S/C16H23NO4/c1-2-3-7-10-21-12-15(18)17-14(16(19)20)11-13-8-5-4-6-9-13/h4-6,8-9,14H,2-3,7,10-12H2,1H3,(H,17,18)(H,19,20)/t14-/m0/s1. The number of carbonyl (C=O) groups excluding carboxylic acids is 1. The molecule has 1 rings (SSSR count). The summed E-state index contributed by atoms with van der Waals surface area (Å²) >= 11 is 0. The Labute approximate surface area is 125 Å². The molecule has 5 nitrogen and oxygen atoms in total. The number of hydrogen-bond donors (Lipinski definition) is 2. The summed E-state index contributed by atoms with van der Waals surface area (Å²) in [5.74, 6) is -1.44. The Morgan fingerprint density at radius 1 is 1.24 bits per heavy atom. The van der Waals surface area contributed by atoms with Crippen molar-refractivity contribution in [2.45, 2.75) is 38.6 Å². The van der Waals surface area contributed by atoms with Gasteiger partial charge in [-0.1, -0.05) is 50.1 Å². The zero-order chi connectivity index (χ0) is 15.5. The van der Waals surface area contributed by atoms with Gasteiger partial charge >= 0.3 is 5.97 Å². The van der Waals surface area contributed by atoms with Crippen molar-refractivity contribution in [3.05, 3.63) is 35.9 Å². The third kappa shape index (κ3) is 7.46. The van der Waals surface area contributed by atoms with E-state index in [4.69, 9.17) is 9.84 Å². The number of amides is 1. The van der Waals surface area contributed by atoms with Crippen molar-refractivity contribution >= 4 is 11.9 Å². The molecule has 0 saturated carbocycles. The Kier molecular flexibility index (Phi) is 8.12. The summed E-state index contributed by atoms with van der Waals surface area (Å²) in [5.41, 5.74) is 0.870. The van der Waals surface area contributed by atoms with E-state index in [0.717, 1.165) is 24.8 Å². The molecular weight excluding hydrogens is 270 g/mol. The summed E-state index contributed by atoms with van der Waals surface area (Å²) in [6, 6.07) is 8.29. The van der Waals surface area contributed by atoms with Crippen LogP contribution in [0.25, 0.3) is 0 Å². The molecule has 0 fully saturated rings. The van der Waals surface area contributed by atoms with Crippen molar-refractivity contribution in [3.63, 3.8) is 0 Å². The monoisotopic (exact) mass is 293 g/mol. The molecule has 1 atom stereocenters. The van der Waals surface area contributed by atoms with Crippen LogP contribution in [0.5, 0.6) is 0 Å². The minimum atomic E-state index is -1.04. The fraction of sp³-hybridized carbons (Fsp3) is 0.500. The van der Waals surface area contributed by atoms with E-state index in [1.165, 1.54) is 0 Å². The molecule has 1 aromatic rings. The van der Waals surface area contributed by atoms with Crippen LogP contribution < -0.4 is 5.32 Å². The van der Waals surface area contributed by atoms with E-state index in [0.29, 0.717) is 6.61 Å². The maximum absolute atomic E-state index is 11.7. The topological polar surface area (TPSA) is 75.6 Å². The number of unbranched alkanes of at least 4 members (excludes halogenated alkanes) is 2. The van der Waals surface area contributed by atoms with Gasteiger partial charge < -0.3 is 15.2 Å². The maximum atomic E-state index is 11.7. The Balaban J connectivity index is 2.36. The molecule has 0 aliphatic rings. The molecule has 0 heterocycles. The number of nitrogens with one attached hydrogen (secondary N) is 1. The quantitative estimate of drug-likeness (QED) is 0.647. The van der Waals surface area contributed by atoms with E-state index in [1.807, 2.05) is 30.3 Å². The Morgan fingerprint density at radius 2 is 1.95 bits per heavy atom. The van der Waals surface area contributed by atoms with E-state index in [1.54, 1.807) is 0 Å². The summed E-state index contributed by atoms with van der Waals surface area (Å²) in [5, 5.41) is 11.7. The second-order valence-electron chi connectivity index (χ2n) is 4.91. The molecule has 116 valence electrons. The van der Waals surface area contributed by atoms with Gasteiger partial charge in [0.05, 0.1) is 0 Å². The van der Waals surface area contributed by atoms with Crippen LogP contribution in [0.2, 0.25) is 0 Å². The van der Waals surface area contributed by atoms with E-state index < -0.39 is 17.9 Å². The number of rotatable bonds is 10. The highest BCUT2D eigenvalue weighted by Crippen LogP contribution is 2.03. The van der Waals surface area contributed by atoms with E-state index in [-0.39, 0.29) is 13.0 Å². The first-order valence-electron chi connectivity index (χ1n) is 7.27. The lowest BCUT2D eigenvalue weighted by Gasteiger charge is -2.14. The largest absolute Gasteiger partial charge is 0.480 e. The Hall–Kier alpha value is -1.88. The van der Waals surface area contributed by atoms with Gasteiger partial charge in [-0.25, -0.2) is 4.79 Å². The molecule has 1 aromatic carbocycles. The van der Waals surface area contributed by atoms with Gasteiger partial charge in [-0.15, -0.1) is 0 Å².